The average molecular weight is 224 g/mol. The summed E-state index contributed by atoms with van der Waals surface area (Å²) in [5.74, 6) is 0. The SMILES string of the molecule is CC(C)(NCC(F)(F)F)c1nccs1. The molecule has 2 nitrogen and oxygen atoms in total. The monoisotopic (exact) mass is 224 g/mol. The molecule has 1 aromatic rings. The number of nitrogens with one attached hydrogen (secondary N) is 1. The van der Waals surface area contributed by atoms with Crippen LogP contribution in [0, 0.1) is 0 Å². The lowest BCUT2D eigenvalue weighted by Crippen LogP contribution is -2.42. The highest BCUT2D eigenvalue weighted by Gasteiger charge is 2.32. The van der Waals surface area contributed by atoms with Gasteiger partial charge < -0.3 is 0 Å². The third-order valence-electron chi connectivity index (χ3n) is 1.70. The van der Waals surface area contributed by atoms with Crippen LogP contribution < -0.4 is 5.32 Å². The average Bonchev–Trinajstić information content (AvgIpc) is 2.52. The highest BCUT2D eigenvalue weighted by atomic mass is 32.1. The first-order valence-corrected chi connectivity index (χ1v) is 4.91. The number of halogens is 3. The molecule has 1 aromatic heterocycles. The minimum absolute atomic E-state index is 0.654. The fraction of sp³-hybridized carbons (Fsp3) is 0.625. The third-order valence-corrected chi connectivity index (χ3v) is 2.79. The van der Waals surface area contributed by atoms with Gasteiger partial charge in [0.2, 0.25) is 0 Å². The molecule has 0 spiro atoms. The Labute approximate surface area is 84.2 Å². The van der Waals surface area contributed by atoms with Gasteiger partial charge in [0.25, 0.3) is 0 Å². The van der Waals surface area contributed by atoms with Crippen LogP contribution in [0.5, 0.6) is 0 Å². The largest absolute Gasteiger partial charge is 0.401 e. The number of hydrogen-bond donors (Lipinski definition) is 1. The van der Waals surface area contributed by atoms with Crippen molar-refractivity contribution in [2.75, 3.05) is 6.54 Å². The smallest absolute Gasteiger partial charge is 0.298 e. The molecule has 0 radical (unpaired) electrons. The van der Waals surface area contributed by atoms with E-state index in [4.69, 9.17) is 0 Å². The van der Waals surface area contributed by atoms with E-state index in [9.17, 15) is 13.2 Å². The van der Waals surface area contributed by atoms with Crippen LogP contribution in [0.3, 0.4) is 0 Å². The summed E-state index contributed by atoms with van der Waals surface area (Å²) >= 11 is 1.34. The molecule has 1 N–H and O–H groups in total. The van der Waals surface area contributed by atoms with Gasteiger partial charge in [-0.05, 0) is 13.8 Å². The van der Waals surface area contributed by atoms with Crippen LogP contribution >= 0.6 is 11.3 Å². The molecule has 0 amide bonds. The Bertz CT molecular complexity index is 279. The van der Waals surface area contributed by atoms with E-state index >= 15 is 0 Å². The molecule has 14 heavy (non-hydrogen) atoms. The van der Waals surface area contributed by atoms with Crippen LogP contribution in [-0.4, -0.2) is 17.7 Å². The van der Waals surface area contributed by atoms with Gasteiger partial charge in [-0.15, -0.1) is 11.3 Å². The summed E-state index contributed by atoms with van der Waals surface area (Å²) in [6.07, 6.45) is -2.61. The second-order valence-corrected chi connectivity index (χ2v) is 4.33. The maximum atomic E-state index is 11.9. The van der Waals surface area contributed by atoms with Crippen molar-refractivity contribution in [3.63, 3.8) is 0 Å². The van der Waals surface area contributed by atoms with Gasteiger partial charge >= 0.3 is 6.18 Å². The fourth-order valence-electron chi connectivity index (χ4n) is 0.929. The molecule has 0 fully saturated rings. The van der Waals surface area contributed by atoms with Crippen molar-refractivity contribution in [3.05, 3.63) is 16.6 Å². The number of rotatable bonds is 3. The van der Waals surface area contributed by atoms with Crippen LogP contribution in [0.1, 0.15) is 18.9 Å². The fourth-order valence-corrected chi connectivity index (χ4v) is 1.67. The third kappa shape index (κ3) is 3.26. The molecule has 0 unspecified atom stereocenters. The summed E-state index contributed by atoms with van der Waals surface area (Å²) in [5.41, 5.74) is -0.732. The van der Waals surface area contributed by atoms with Crippen LogP contribution in [0.25, 0.3) is 0 Å². The van der Waals surface area contributed by atoms with Gasteiger partial charge in [-0.25, -0.2) is 4.98 Å². The Morgan fingerprint density at radius 3 is 2.50 bits per heavy atom. The summed E-state index contributed by atoms with van der Waals surface area (Å²) in [6, 6.07) is 0. The molecule has 1 heterocycles. The predicted molar refractivity (Wildman–Crippen MR) is 49.2 cm³/mol. The van der Waals surface area contributed by atoms with Crippen LogP contribution in [-0.2, 0) is 5.54 Å². The lowest BCUT2D eigenvalue weighted by atomic mass is 10.1. The second kappa shape index (κ2) is 3.86. The molecule has 0 saturated heterocycles. The van der Waals surface area contributed by atoms with Gasteiger partial charge in [0.05, 0.1) is 12.1 Å². The van der Waals surface area contributed by atoms with Gasteiger partial charge in [-0.2, -0.15) is 13.2 Å². The first kappa shape index (κ1) is 11.5. The zero-order valence-corrected chi connectivity index (χ0v) is 8.67. The van der Waals surface area contributed by atoms with Crippen molar-refractivity contribution in [1.82, 2.24) is 10.3 Å². The van der Waals surface area contributed by atoms with E-state index in [1.54, 1.807) is 25.4 Å². The molecule has 0 aliphatic heterocycles. The van der Waals surface area contributed by atoms with Crippen molar-refractivity contribution in [2.45, 2.75) is 25.6 Å². The number of nitrogens with zero attached hydrogens (tertiary/aromatic N) is 1. The molecule has 0 aliphatic carbocycles. The normalized spacial score (nSPS) is 13.2. The quantitative estimate of drug-likeness (QED) is 0.853. The van der Waals surface area contributed by atoms with Crippen molar-refractivity contribution in [1.29, 1.82) is 0 Å². The van der Waals surface area contributed by atoms with Crippen LogP contribution in [0.4, 0.5) is 13.2 Å². The summed E-state index contributed by atoms with van der Waals surface area (Å²) < 4.78 is 35.8. The van der Waals surface area contributed by atoms with E-state index in [-0.39, 0.29) is 0 Å². The molecule has 1 rings (SSSR count). The molecule has 0 bridgehead atoms. The lowest BCUT2D eigenvalue weighted by Gasteiger charge is -2.24. The maximum absolute atomic E-state index is 11.9. The number of thiazole rings is 1. The van der Waals surface area contributed by atoms with Crippen molar-refractivity contribution in [3.8, 4) is 0 Å². The van der Waals surface area contributed by atoms with E-state index in [0.717, 1.165) is 0 Å². The molecule has 0 saturated carbocycles. The molecule has 80 valence electrons. The van der Waals surface area contributed by atoms with Crippen molar-refractivity contribution >= 4 is 11.3 Å². The lowest BCUT2D eigenvalue weighted by molar-refractivity contribution is -0.128. The Balaban J connectivity index is 2.59. The Morgan fingerprint density at radius 1 is 1.43 bits per heavy atom. The molecule has 0 aliphatic rings. The number of aromatic nitrogens is 1. The zero-order valence-electron chi connectivity index (χ0n) is 7.85. The summed E-state index contributed by atoms with van der Waals surface area (Å²) in [7, 11) is 0. The standard InChI is InChI=1S/C8H11F3N2S/c1-7(2,6-12-3-4-14-6)13-5-8(9,10)11/h3-4,13H,5H2,1-2H3. The molecule has 0 aromatic carbocycles. The first-order valence-electron chi connectivity index (χ1n) is 4.03. The molecular formula is C8H11F3N2S. The maximum Gasteiger partial charge on any atom is 0.401 e. The highest BCUT2D eigenvalue weighted by Crippen LogP contribution is 2.23. The van der Waals surface area contributed by atoms with E-state index in [1.165, 1.54) is 11.3 Å². The van der Waals surface area contributed by atoms with Crippen molar-refractivity contribution in [2.24, 2.45) is 0 Å². The second-order valence-electron chi connectivity index (χ2n) is 3.43. The van der Waals surface area contributed by atoms with Gasteiger partial charge in [0, 0.05) is 11.6 Å². The van der Waals surface area contributed by atoms with Crippen LogP contribution in [0.15, 0.2) is 11.6 Å². The summed E-state index contributed by atoms with van der Waals surface area (Å²) in [6.45, 7) is 2.36. The Kier molecular flexibility index (Phi) is 3.16. The number of hydrogen-bond acceptors (Lipinski definition) is 3. The van der Waals surface area contributed by atoms with E-state index in [2.05, 4.69) is 10.3 Å². The molecular weight excluding hydrogens is 213 g/mol. The molecule has 0 atom stereocenters. The Morgan fingerprint density at radius 2 is 2.07 bits per heavy atom. The number of alkyl halides is 3. The van der Waals surface area contributed by atoms with E-state index < -0.39 is 18.3 Å². The van der Waals surface area contributed by atoms with Gasteiger partial charge in [-0.3, -0.25) is 5.32 Å². The van der Waals surface area contributed by atoms with Gasteiger partial charge in [0.15, 0.2) is 0 Å². The van der Waals surface area contributed by atoms with E-state index in [0.29, 0.717) is 5.01 Å². The molecule has 6 heteroatoms. The van der Waals surface area contributed by atoms with Gasteiger partial charge in [-0.1, -0.05) is 0 Å². The zero-order chi connectivity index (χ0) is 10.8. The predicted octanol–water partition coefficient (Wildman–Crippen LogP) is 2.53. The Hall–Kier alpha value is -0.620. The summed E-state index contributed by atoms with van der Waals surface area (Å²) in [4.78, 5) is 3.98. The van der Waals surface area contributed by atoms with E-state index in [1.807, 2.05) is 0 Å². The van der Waals surface area contributed by atoms with Crippen molar-refractivity contribution < 1.29 is 13.2 Å². The minimum Gasteiger partial charge on any atom is -0.298 e. The van der Waals surface area contributed by atoms with Crippen LogP contribution in [0.2, 0.25) is 0 Å². The highest BCUT2D eigenvalue weighted by molar-refractivity contribution is 7.09. The van der Waals surface area contributed by atoms with Gasteiger partial charge in [0.1, 0.15) is 5.01 Å². The first-order chi connectivity index (χ1) is 6.31. The summed E-state index contributed by atoms with van der Waals surface area (Å²) in [5, 5.41) is 4.82. The minimum atomic E-state index is -4.19. The topological polar surface area (TPSA) is 24.9 Å².